The smallest absolute Gasteiger partial charge is 0.226 e. The Morgan fingerprint density at radius 3 is 2.93 bits per heavy atom. The first-order valence-corrected chi connectivity index (χ1v) is 5.78. The van der Waals surface area contributed by atoms with E-state index in [1.54, 1.807) is 0 Å². The lowest BCUT2D eigenvalue weighted by atomic mass is 10.2. The maximum atomic E-state index is 5.04. The number of hydrogen-bond donors (Lipinski definition) is 1. The molecule has 0 aromatic carbocycles. The van der Waals surface area contributed by atoms with E-state index < -0.39 is 0 Å². The SMILES string of the molecule is Cc1noc(CCCNC(C)C2CC2)n1. The predicted molar refractivity (Wildman–Crippen MR) is 57.5 cm³/mol. The van der Waals surface area contributed by atoms with Gasteiger partial charge in [0.15, 0.2) is 5.82 Å². The summed E-state index contributed by atoms with van der Waals surface area (Å²) in [5.74, 6) is 2.41. The Kier molecular flexibility index (Phi) is 3.36. The molecule has 4 nitrogen and oxygen atoms in total. The first kappa shape index (κ1) is 10.6. The average Bonchev–Trinajstić information content (AvgIpc) is 2.98. The number of nitrogens with zero attached hydrogens (tertiary/aromatic N) is 2. The molecule has 1 heterocycles. The average molecular weight is 209 g/mol. The lowest BCUT2D eigenvalue weighted by Gasteiger charge is -2.11. The maximum absolute atomic E-state index is 5.04. The highest BCUT2D eigenvalue weighted by Gasteiger charge is 2.27. The summed E-state index contributed by atoms with van der Waals surface area (Å²) in [6.45, 7) is 5.16. The van der Waals surface area contributed by atoms with E-state index in [0.717, 1.165) is 37.0 Å². The van der Waals surface area contributed by atoms with Gasteiger partial charge >= 0.3 is 0 Å². The molecule has 1 fully saturated rings. The van der Waals surface area contributed by atoms with Crippen LogP contribution >= 0.6 is 0 Å². The van der Waals surface area contributed by atoms with Gasteiger partial charge in [-0.2, -0.15) is 4.98 Å². The molecule has 1 N–H and O–H groups in total. The molecule has 0 spiro atoms. The molecular weight excluding hydrogens is 190 g/mol. The van der Waals surface area contributed by atoms with Crippen LogP contribution in [0.15, 0.2) is 4.52 Å². The summed E-state index contributed by atoms with van der Waals surface area (Å²) in [7, 11) is 0. The number of rotatable bonds is 6. The molecule has 1 aromatic heterocycles. The third kappa shape index (κ3) is 3.30. The van der Waals surface area contributed by atoms with Gasteiger partial charge in [0.05, 0.1) is 0 Å². The summed E-state index contributed by atoms with van der Waals surface area (Å²) in [6.07, 6.45) is 4.75. The Bertz CT molecular complexity index is 307. The fourth-order valence-electron chi connectivity index (χ4n) is 1.77. The van der Waals surface area contributed by atoms with E-state index >= 15 is 0 Å². The first-order chi connectivity index (χ1) is 7.25. The molecule has 0 amide bonds. The van der Waals surface area contributed by atoms with Crippen LogP contribution in [0.5, 0.6) is 0 Å². The minimum atomic E-state index is 0.675. The van der Waals surface area contributed by atoms with Crippen molar-refractivity contribution < 1.29 is 4.52 Å². The molecule has 0 saturated heterocycles. The van der Waals surface area contributed by atoms with E-state index in [1.807, 2.05) is 6.92 Å². The van der Waals surface area contributed by atoms with Crippen molar-refractivity contribution in [1.82, 2.24) is 15.5 Å². The molecule has 15 heavy (non-hydrogen) atoms. The molecule has 1 aliphatic carbocycles. The van der Waals surface area contributed by atoms with E-state index in [0.29, 0.717) is 6.04 Å². The molecular formula is C11H19N3O. The van der Waals surface area contributed by atoms with Gasteiger partial charge in [-0.15, -0.1) is 0 Å². The minimum Gasteiger partial charge on any atom is -0.339 e. The van der Waals surface area contributed by atoms with Crippen molar-refractivity contribution in [1.29, 1.82) is 0 Å². The standard InChI is InChI=1S/C11H19N3O/c1-8(10-5-6-10)12-7-3-4-11-13-9(2)14-15-11/h8,10,12H,3-7H2,1-2H3. The van der Waals surface area contributed by atoms with Gasteiger partial charge in [-0.3, -0.25) is 0 Å². The summed E-state index contributed by atoms with van der Waals surface area (Å²) in [6, 6.07) is 0.675. The Morgan fingerprint density at radius 2 is 2.33 bits per heavy atom. The molecule has 84 valence electrons. The second kappa shape index (κ2) is 4.75. The van der Waals surface area contributed by atoms with Crippen LogP contribution in [0.3, 0.4) is 0 Å². The molecule has 1 atom stereocenters. The van der Waals surface area contributed by atoms with E-state index in [2.05, 4.69) is 22.4 Å². The van der Waals surface area contributed by atoms with Crippen molar-refractivity contribution >= 4 is 0 Å². The fraction of sp³-hybridized carbons (Fsp3) is 0.818. The highest BCUT2D eigenvalue weighted by molar-refractivity contribution is 4.85. The summed E-state index contributed by atoms with van der Waals surface area (Å²) >= 11 is 0. The van der Waals surface area contributed by atoms with Crippen LogP contribution in [0.2, 0.25) is 0 Å². The largest absolute Gasteiger partial charge is 0.339 e. The zero-order valence-electron chi connectivity index (χ0n) is 9.49. The topological polar surface area (TPSA) is 51.0 Å². The van der Waals surface area contributed by atoms with Crippen LogP contribution in [0.25, 0.3) is 0 Å². The van der Waals surface area contributed by atoms with Gasteiger partial charge in [0, 0.05) is 12.5 Å². The van der Waals surface area contributed by atoms with Crippen LogP contribution < -0.4 is 5.32 Å². The fourth-order valence-corrected chi connectivity index (χ4v) is 1.77. The Morgan fingerprint density at radius 1 is 1.53 bits per heavy atom. The molecule has 1 aliphatic rings. The first-order valence-electron chi connectivity index (χ1n) is 5.78. The molecule has 1 saturated carbocycles. The Labute approximate surface area is 90.4 Å². The zero-order valence-corrected chi connectivity index (χ0v) is 9.49. The minimum absolute atomic E-state index is 0.675. The Balaban J connectivity index is 1.58. The number of hydrogen-bond acceptors (Lipinski definition) is 4. The van der Waals surface area contributed by atoms with E-state index in [9.17, 15) is 0 Å². The summed E-state index contributed by atoms with van der Waals surface area (Å²) < 4.78 is 5.04. The van der Waals surface area contributed by atoms with Crippen molar-refractivity contribution in [2.75, 3.05) is 6.54 Å². The van der Waals surface area contributed by atoms with Crippen LogP contribution in [0, 0.1) is 12.8 Å². The van der Waals surface area contributed by atoms with Gasteiger partial charge in [0.25, 0.3) is 0 Å². The van der Waals surface area contributed by atoms with Gasteiger partial charge in [-0.05, 0) is 45.6 Å². The van der Waals surface area contributed by atoms with Gasteiger partial charge in [-0.1, -0.05) is 5.16 Å². The number of nitrogens with one attached hydrogen (secondary N) is 1. The molecule has 2 rings (SSSR count). The zero-order chi connectivity index (χ0) is 10.7. The quantitative estimate of drug-likeness (QED) is 0.724. The second-order valence-electron chi connectivity index (χ2n) is 4.42. The molecule has 0 radical (unpaired) electrons. The van der Waals surface area contributed by atoms with Crippen molar-refractivity contribution in [3.05, 3.63) is 11.7 Å². The summed E-state index contributed by atoms with van der Waals surface area (Å²) in [5, 5.41) is 7.29. The lowest BCUT2D eigenvalue weighted by molar-refractivity contribution is 0.369. The van der Waals surface area contributed by atoms with Crippen LogP contribution in [0.4, 0.5) is 0 Å². The highest BCUT2D eigenvalue weighted by Crippen LogP contribution is 2.32. The van der Waals surface area contributed by atoms with Gasteiger partial charge in [0.1, 0.15) is 0 Å². The highest BCUT2D eigenvalue weighted by atomic mass is 16.5. The third-order valence-corrected chi connectivity index (χ3v) is 2.93. The van der Waals surface area contributed by atoms with Crippen molar-refractivity contribution in [3.8, 4) is 0 Å². The molecule has 1 aromatic rings. The van der Waals surface area contributed by atoms with E-state index in [4.69, 9.17) is 4.52 Å². The van der Waals surface area contributed by atoms with Crippen molar-refractivity contribution in [3.63, 3.8) is 0 Å². The van der Waals surface area contributed by atoms with Crippen molar-refractivity contribution in [2.45, 2.75) is 45.6 Å². The Hall–Kier alpha value is -0.900. The van der Waals surface area contributed by atoms with Gasteiger partial charge in [0.2, 0.25) is 5.89 Å². The summed E-state index contributed by atoms with van der Waals surface area (Å²) in [5.41, 5.74) is 0. The number of aromatic nitrogens is 2. The molecule has 0 aliphatic heterocycles. The maximum Gasteiger partial charge on any atom is 0.226 e. The van der Waals surface area contributed by atoms with E-state index in [1.165, 1.54) is 12.8 Å². The second-order valence-corrected chi connectivity index (χ2v) is 4.42. The third-order valence-electron chi connectivity index (χ3n) is 2.93. The predicted octanol–water partition coefficient (Wildman–Crippen LogP) is 1.70. The van der Waals surface area contributed by atoms with E-state index in [-0.39, 0.29) is 0 Å². The molecule has 4 heteroatoms. The molecule has 0 bridgehead atoms. The monoisotopic (exact) mass is 209 g/mol. The van der Waals surface area contributed by atoms with Crippen LogP contribution in [-0.2, 0) is 6.42 Å². The normalized spacial score (nSPS) is 18.0. The van der Waals surface area contributed by atoms with Crippen molar-refractivity contribution in [2.24, 2.45) is 5.92 Å². The lowest BCUT2D eigenvalue weighted by Crippen LogP contribution is -2.28. The van der Waals surface area contributed by atoms with Gasteiger partial charge in [-0.25, -0.2) is 0 Å². The van der Waals surface area contributed by atoms with Crippen LogP contribution in [-0.4, -0.2) is 22.7 Å². The summed E-state index contributed by atoms with van der Waals surface area (Å²) in [4.78, 5) is 4.17. The number of aryl methyl sites for hydroxylation is 2. The van der Waals surface area contributed by atoms with Crippen LogP contribution in [0.1, 0.15) is 37.9 Å². The van der Waals surface area contributed by atoms with Gasteiger partial charge < -0.3 is 9.84 Å². The molecule has 1 unspecified atom stereocenters.